The first-order valence-electron chi connectivity index (χ1n) is 7.12. The van der Waals surface area contributed by atoms with Crippen molar-refractivity contribution < 1.29 is 4.74 Å². The summed E-state index contributed by atoms with van der Waals surface area (Å²) in [6.45, 7) is 0.874. The minimum Gasteiger partial charge on any atom is -0.398 e. The maximum absolute atomic E-state index is 6.14. The Morgan fingerprint density at radius 3 is 2.89 bits per heavy atom. The van der Waals surface area contributed by atoms with Gasteiger partial charge in [0.25, 0.3) is 0 Å². The Labute approximate surface area is 109 Å². The lowest BCUT2D eigenvalue weighted by molar-refractivity contribution is -0.106. The molecular weight excluding hydrogens is 224 g/mol. The summed E-state index contributed by atoms with van der Waals surface area (Å²) in [5, 5.41) is 0. The summed E-state index contributed by atoms with van der Waals surface area (Å²) in [7, 11) is 0. The zero-order valence-corrected chi connectivity index (χ0v) is 10.9. The third kappa shape index (κ3) is 2.24. The molecule has 3 heteroatoms. The fraction of sp³-hybridized carbons (Fsp3) is 0.667. The van der Waals surface area contributed by atoms with Crippen molar-refractivity contribution in [2.24, 2.45) is 0 Å². The van der Waals surface area contributed by atoms with Gasteiger partial charge in [-0.05, 0) is 43.2 Å². The third-order valence-electron chi connectivity index (χ3n) is 4.58. The Hall–Kier alpha value is -1.09. The molecule has 1 aromatic heterocycles. The minimum absolute atomic E-state index is 0.142. The van der Waals surface area contributed by atoms with Crippen molar-refractivity contribution in [1.29, 1.82) is 0 Å². The highest BCUT2D eigenvalue weighted by Crippen LogP contribution is 2.44. The monoisotopic (exact) mass is 246 g/mol. The van der Waals surface area contributed by atoms with E-state index < -0.39 is 0 Å². The van der Waals surface area contributed by atoms with Crippen molar-refractivity contribution in [3.05, 3.63) is 24.0 Å². The number of hydrogen-bond acceptors (Lipinski definition) is 3. The van der Waals surface area contributed by atoms with Crippen LogP contribution in [0.25, 0.3) is 0 Å². The summed E-state index contributed by atoms with van der Waals surface area (Å²) < 4.78 is 6.14. The average molecular weight is 246 g/mol. The van der Waals surface area contributed by atoms with Crippen LogP contribution >= 0.6 is 0 Å². The van der Waals surface area contributed by atoms with Crippen LogP contribution in [0.3, 0.4) is 0 Å². The lowest BCUT2D eigenvalue weighted by Crippen LogP contribution is -2.40. The third-order valence-corrected chi connectivity index (χ3v) is 4.58. The largest absolute Gasteiger partial charge is 0.398 e. The van der Waals surface area contributed by atoms with E-state index in [0.29, 0.717) is 5.92 Å². The first-order chi connectivity index (χ1) is 8.79. The maximum atomic E-state index is 6.14. The lowest BCUT2D eigenvalue weighted by atomic mass is 9.74. The second kappa shape index (κ2) is 4.88. The molecule has 1 aromatic rings. The van der Waals surface area contributed by atoms with Gasteiger partial charge in [0.05, 0.1) is 5.60 Å². The fourth-order valence-corrected chi connectivity index (χ4v) is 3.60. The standard InChI is InChI=1S/C15H22N2O/c16-14-4-8-17-11-13(14)12-5-9-18-15(10-12)6-2-1-3-7-15/h4,8,11-12H,1-3,5-7,9-10H2,(H2,16,17). The van der Waals surface area contributed by atoms with Crippen molar-refractivity contribution in [2.75, 3.05) is 12.3 Å². The first-order valence-corrected chi connectivity index (χ1v) is 7.12. The molecule has 1 saturated heterocycles. The topological polar surface area (TPSA) is 48.1 Å². The van der Waals surface area contributed by atoms with Crippen LogP contribution in [-0.4, -0.2) is 17.2 Å². The van der Waals surface area contributed by atoms with Crippen LogP contribution < -0.4 is 5.73 Å². The number of ether oxygens (including phenoxy) is 1. The van der Waals surface area contributed by atoms with E-state index in [-0.39, 0.29) is 5.60 Å². The molecule has 0 radical (unpaired) electrons. The van der Waals surface area contributed by atoms with Gasteiger partial charge in [0.2, 0.25) is 0 Å². The van der Waals surface area contributed by atoms with E-state index in [1.54, 1.807) is 6.20 Å². The van der Waals surface area contributed by atoms with Crippen LogP contribution in [0.2, 0.25) is 0 Å². The Bertz CT molecular complexity index is 407. The van der Waals surface area contributed by atoms with Gasteiger partial charge in [-0.3, -0.25) is 4.98 Å². The molecule has 2 fully saturated rings. The van der Waals surface area contributed by atoms with Crippen molar-refractivity contribution in [3.63, 3.8) is 0 Å². The van der Waals surface area contributed by atoms with E-state index in [1.807, 2.05) is 12.3 Å². The summed E-state index contributed by atoms with van der Waals surface area (Å²) in [4.78, 5) is 4.23. The van der Waals surface area contributed by atoms with Gasteiger partial charge in [-0.15, -0.1) is 0 Å². The second-order valence-electron chi connectivity index (χ2n) is 5.79. The number of pyridine rings is 1. The first kappa shape index (κ1) is 12.0. The molecule has 0 aromatic carbocycles. The van der Waals surface area contributed by atoms with Crippen LogP contribution in [0.5, 0.6) is 0 Å². The Morgan fingerprint density at radius 2 is 2.11 bits per heavy atom. The Kier molecular flexibility index (Phi) is 3.25. The molecule has 2 aliphatic rings. The zero-order valence-electron chi connectivity index (χ0n) is 10.9. The van der Waals surface area contributed by atoms with E-state index in [1.165, 1.54) is 37.7 Å². The molecule has 3 nitrogen and oxygen atoms in total. The molecule has 1 spiro atoms. The van der Waals surface area contributed by atoms with Gasteiger partial charge < -0.3 is 10.5 Å². The molecule has 0 amide bonds. The van der Waals surface area contributed by atoms with Gasteiger partial charge in [-0.25, -0.2) is 0 Å². The highest BCUT2D eigenvalue weighted by Gasteiger charge is 2.39. The number of nitrogens with zero attached hydrogens (tertiary/aromatic N) is 1. The number of aromatic nitrogens is 1. The van der Waals surface area contributed by atoms with Crippen LogP contribution in [0, 0.1) is 0 Å². The van der Waals surface area contributed by atoms with Gasteiger partial charge in [-0.1, -0.05) is 19.3 Å². The van der Waals surface area contributed by atoms with Gasteiger partial charge in [-0.2, -0.15) is 0 Å². The fourth-order valence-electron chi connectivity index (χ4n) is 3.60. The number of anilines is 1. The van der Waals surface area contributed by atoms with E-state index in [0.717, 1.165) is 25.1 Å². The molecule has 2 N–H and O–H groups in total. The van der Waals surface area contributed by atoms with Crippen LogP contribution in [0.1, 0.15) is 56.4 Å². The highest BCUT2D eigenvalue weighted by molar-refractivity contribution is 5.46. The summed E-state index contributed by atoms with van der Waals surface area (Å²) in [6.07, 6.45) is 12.4. The maximum Gasteiger partial charge on any atom is 0.0688 e. The van der Waals surface area contributed by atoms with E-state index >= 15 is 0 Å². The predicted molar refractivity (Wildman–Crippen MR) is 72.4 cm³/mol. The van der Waals surface area contributed by atoms with Gasteiger partial charge >= 0.3 is 0 Å². The summed E-state index contributed by atoms with van der Waals surface area (Å²) in [5.74, 6) is 0.533. The lowest BCUT2D eigenvalue weighted by Gasteiger charge is -2.43. The van der Waals surface area contributed by atoms with Gasteiger partial charge in [0.15, 0.2) is 0 Å². The number of hydrogen-bond donors (Lipinski definition) is 1. The predicted octanol–water partition coefficient (Wildman–Crippen LogP) is 3.26. The van der Waals surface area contributed by atoms with Crippen LogP contribution in [-0.2, 0) is 4.74 Å². The van der Waals surface area contributed by atoms with Gasteiger partial charge in [0, 0.05) is 24.7 Å². The van der Waals surface area contributed by atoms with E-state index in [4.69, 9.17) is 10.5 Å². The molecule has 18 heavy (non-hydrogen) atoms. The second-order valence-corrected chi connectivity index (χ2v) is 5.79. The number of nitrogen functional groups attached to an aromatic ring is 1. The normalized spacial score (nSPS) is 27.2. The molecule has 1 aliphatic heterocycles. The number of rotatable bonds is 1. The average Bonchev–Trinajstić information content (AvgIpc) is 2.40. The molecule has 1 unspecified atom stereocenters. The molecule has 1 atom stereocenters. The van der Waals surface area contributed by atoms with Crippen LogP contribution in [0.4, 0.5) is 5.69 Å². The van der Waals surface area contributed by atoms with E-state index in [9.17, 15) is 0 Å². The number of nitrogens with two attached hydrogens (primary N) is 1. The molecular formula is C15H22N2O. The summed E-state index contributed by atoms with van der Waals surface area (Å²) >= 11 is 0. The van der Waals surface area contributed by atoms with E-state index in [2.05, 4.69) is 4.98 Å². The zero-order chi connectivity index (χ0) is 12.4. The molecule has 1 aliphatic carbocycles. The molecule has 3 rings (SSSR count). The van der Waals surface area contributed by atoms with Gasteiger partial charge in [0.1, 0.15) is 0 Å². The molecule has 98 valence electrons. The van der Waals surface area contributed by atoms with Crippen molar-refractivity contribution in [2.45, 2.75) is 56.5 Å². The Morgan fingerprint density at radius 1 is 1.28 bits per heavy atom. The van der Waals surface area contributed by atoms with Crippen molar-refractivity contribution >= 4 is 5.69 Å². The quantitative estimate of drug-likeness (QED) is 0.827. The Balaban J connectivity index is 1.80. The minimum atomic E-state index is 0.142. The summed E-state index contributed by atoms with van der Waals surface area (Å²) in [6, 6.07) is 1.92. The summed E-state index contributed by atoms with van der Waals surface area (Å²) in [5.41, 5.74) is 8.35. The highest BCUT2D eigenvalue weighted by atomic mass is 16.5. The SMILES string of the molecule is Nc1ccncc1C1CCOC2(CCCCC2)C1. The van der Waals surface area contributed by atoms with Crippen LogP contribution in [0.15, 0.2) is 18.5 Å². The smallest absolute Gasteiger partial charge is 0.0688 e. The molecule has 0 bridgehead atoms. The molecule has 2 heterocycles. The molecule has 1 saturated carbocycles. The van der Waals surface area contributed by atoms with Crippen molar-refractivity contribution in [1.82, 2.24) is 4.98 Å². The van der Waals surface area contributed by atoms with Crippen molar-refractivity contribution in [3.8, 4) is 0 Å².